The maximum Gasteiger partial charge on any atom is 0.0460 e. The molecule has 0 aliphatic carbocycles. The largest absolute Gasteiger partial charge is 0.396 e. The molecule has 0 unspecified atom stereocenters. The van der Waals surface area contributed by atoms with E-state index in [9.17, 15) is 0 Å². The monoisotopic (exact) mass is 134 g/mol. The molecule has 3 nitrogen and oxygen atoms in total. The van der Waals surface area contributed by atoms with Gasteiger partial charge in [-0.05, 0) is 18.8 Å². The molecule has 0 aromatic carbocycles. The molecule has 0 aliphatic heterocycles. The van der Waals surface area contributed by atoms with E-state index in [0.29, 0.717) is 12.8 Å². The van der Waals surface area contributed by atoms with Crippen LogP contribution in [0.15, 0.2) is 0 Å². The number of rotatable bonds is 5. The molecular weight excluding hydrogens is 120 g/mol. The van der Waals surface area contributed by atoms with Crippen molar-refractivity contribution in [1.29, 1.82) is 0 Å². The van der Waals surface area contributed by atoms with Crippen molar-refractivity contribution >= 4 is 0 Å². The second-order valence-corrected chi connectivity index (χ2v) is 2.07. The fraction of sp³-hybridized carbons (Fsp3) is 1.00. The van der Waals surface area contributed by atoms with Gasteiger partial charge in [0.25, 0.3) is 0 Å². The smallest absolute Gasteiger partial charge is 0.0460 e. The normalized spacial score (nSPS) is 10.7. The first kappa shape index (κ1) is 8.88. The van der Waals surface area contributed by atoms with Crippen LogP contribution in [0.4, 0.5) is 0 Å². The molecular formula is C6H14O3. The van der Waals surface area contributed by atoms with Gasteiger partial charge in [0.05, 0.1) is 0 Å². The Labute approximate surface area is 54.9 Å². The van der Waals surface area contributed by atoms with E-state index in [1.54, 1.807) is 0 Å². The highest BCUT2D eigenvalue weighted by atomic mass is 16.3. The third kappa shape index (κ3) is 4.39. The molecule has 0 saturated heterocycles. The highest BCUT2D eigenvalue weighted by molar-refractivity contribution is 4.54. The molecule has 0 spiro atoms. The van der Waals surface area contributed by atoms with E-state index in [4.69, 9.17) is 15.3 Å². The van der Waals surface area contributed by atoms with Crippen molar-refractivity contribution in [2.45, 2.75) is 12.8 Å². The van der Waals surface area contributed by atoms with Crippen molar-refractivity contribution in [1.82, 2.24) is 0 Å². The van der Waals surface area contributed by atoms with Gasteiger partial charge in [-0.3, -0.25) is 0 Å². The summed E-state index contributed by atoms with van der Waals surface area (Å²) in [5, 5.41) is 25.4. The van der Waals surface area contributed by atoms with E-state index in [2.05, 4.69) is 0 Å². The summed E-state index contributed by atoms with van der Waals surface area (Å²) >= 11 is 0. The molecule has 0 radical (unpaired) electrons. The zero-order valence-corrected chi connectivity index (χ0v) is 5.45. The van der Waals surface area contributed by atoms with Crippen molar-refractivity contribution in [3.05, 3.63) is 0 Å². The molecule has 0 amide bonds. The molecule has 0 saturated carbocycles. The first-order valence-corrected chi connectivity index (χ1v) is 3.17. The Bertz CT molecular complexity index is 50.3. The minimum Gasteiger partial charge on any atom is -0.396 e. The van der Waals surface area contributed by atoms with Crippen LogP contribution in [0.3, 0.4) is 0 Å². The summed E-state index contributed by atoms with van der Waals surface area (Å²) in [4.78, 5) is 0. The second-order valence-electron chi connectivity index (χ2n) is 2.07. The number of aliphatic hydroxyl groups is 3. The summed E-state index contributed by atoms with van der Waals surface area (Å²) < 4.78 is 0. The maximum absolute atomic E-state index is 8.57. The SMILES string of the molecule is OCCC(CO)CCO. The summed E-state index contributed by atoms with van der Waals surface area (Å²) in [5.74, 6) is 0.0694. The molecule has 9 heavy (non-hydrogen) atoms. The maximum atomic E-state index is 8.57. The van der Waals surface area contributed by atoms with E-state index in [1.807, 2.05) is 0 Å². The van der Waals surface area contributed by atoms with Gasteiger partial charge in [-0.25, -0.2) is 0 Å². The zero-order chi connectivity index (χ0) is 7.11. The average molecular weight is 134 g/mol. The Kier molecular flexibility index (Phi) is 5.93. The van der Waals surface area contributed by atoms with E-state index in [-0.39, 0.29) is 25.7 Å². The summed E-state index contributed by atoms with van der Waals surface area (Å²) in [6, 6.07) is 0. The Hall–Kier alpha value is -0.120. The Morgan fingerprint density at radius 3 is 1.56 bits per heavy atom. The van der Waals surface area contributed by atoms with Crippen molar-refractivity contribution in [3.63, 3.8) is 0 Å². The summed E-state index contributed by atoms with van der Waals surface area (Å²) in [5.41, 5.74) is 0. The molecule has 0 bridgehead atoms. The van der Waals surface area contributed by atoms with Gasteiger partial charge in [0.2, 0.25) is 0 Å². The summed E-state index contributed by atoms with van der Waals surface area (Å²) in [6.45, 7) is 0.234. The van der Waals surface area contributed by atoms with Crippen LogP contribution in [0.2, 0.25) is 0 Å². The Morgan fingerprint density at radius 2 is 1.33 bits per heavy atom. The molecule has 0 aromatic heterocycles. The van der Waals surface area contributed by atoms with E-state index >= 15 is 0 Å². The third-order valence-corrected chi connectivity index (χ3v) is 1.33. The van der Waals surface area contributed by atoms with Crippen molar-refractivity contribution in [3.8, 4) is 0 Å². The van der Waals surface area contributed by atoms with Crippen LogP contribution in [0, 0.1) is 5.92 Å². The van der Waals surface area contributed by atoms with Crippen LogP contribution in [-0.2, 0) is 0 Å². The highest BCUT2D eigenvalue weighted by Crippen LogP contribution is 2.04. The van der Waals surface area contributed by atoms with Crippen LogP contribution in [0.1, 0.15) is 12.8 Å². The van der Waals surface area contributed by atoms with Crippen molar-refractivity contribution < 1.29 is 15.3 Å². The number of aliphatic hydroxyl groups excluding tert-OH is 3. The lowest BCUT2D eigenvalue weighted by atomic mass is 10.0. The Balaban J connectivity index is 3.18. The van der Waals surface area contributed by atoms with Gasteiger partial charge in [-0.1, -0.05) is 0 Å². The minimum atomic E-state index is 0.0567. The third-order valence-electron chi connectivity index (χ3n) is 1.33. The number of hydrogen-bond acceptors (Lipinski definition) is 3. The highest BCUT2D eigenvalue weighted by Gasteiger charge is 2.03. The fourth-order valence-corrected chi connectivity index (χ4v) is 0.692. The fourth-order valence-electron chi connectivity index (χ4n) is 0.692. The molecule has 0 aliphatic rings. The molecule has 0 heterocycles. The van der Waals surface area contributed by atoms with Crippen LogP contribution in [0.5, 0.6) is 0 Å². The van der Waals surface area contributed by atoms with Crippen LogP contribution < -0.4 is 0 Å². The van der Waals surface area contributed by atoms with Gasteiger partial charge in [-0.2, -0.15) is 0 Å². The molecule has 3 heteroatoms. The standard InChI is InChI=1S/C6H14O3/c7-3-1-6(5-9)2-4-8/h6-9H,1-5H2. The van der Waals surface area contributed by atoms with E-state index < -0.39 is 0 Å². The van der Waals surface area contributed by atoms with Crippen LogP contribution in [0.25, 0.3) is 0 Å². The van der Waals surface area contributed by atoms with Crippen molar-refractivity contribution in [2.24, 2.45) is 5.92 Å². The topological polar surface area (TPSA) is 60.7 Å². The predicted octanol–water partition coefficient (Wildman–Crippen LogP) is -0.640. The Morgan fingerprint density at radius 1 is 0.889 bits per heavy atom. The van der Waals surface area contributed by atoms with Crippen molar-refractivity contribution in [2.75, 3.05) is 19.8 Å². The van der Waals surface area contributed by atoms with Gasteiger partial charge >= 0.3 is 0 Å². The predicted molar refractivity (Wildman–Crippen MR) is 34.0 cm³/mol. The molecule has 56 valence electrons. The molecule has 0 fully saturated rings. The molecule has 0 aromatic rings. The van der Waals surface area contributed by atoms with Gasteiger partial charge in [0.15, 0.2) is 0 Å². The van der Waals surface area contributed by atoms with Gasteiger partial charge in [-0.15, -0.1) is 0 Å². The van der Waals surface area contributed by atoms with Gasteiger partial charge < -0.3 is 15.3 Å². The number of hydrogen-bond donors (Lipinski definition) is 3. The molecule has 3 N–H and O–H groups in total. The van der Waals surface area contributed by atoms with Crippen LogP contribution >= 0.6 is 0 Å². The lowest BCUT2D eigenvalue weighted by Gasteiger charge is -2.08. The minimum absolute atomic E-state index is 0.0567. The lowest BCUT2D eigenvalue weighted by Crippen LogP contribution is -2.09. The first-order chi connectivity index (χ1) is 4.35. The van der Waals surface area contributed by atoms with E-state index in [1.165, 1.54) is 0 Å². The first-order valence-electron chi connectivity index (χ1n) is 3.17. The van der Waals surface area contributed by atoms with Gasteiger partial charge in [0.1, 0.15) is 0 Å². The summed E-state index contributed by atoms with van der Waals surface area (Å²) in [6.07, 6.45) is 1.16. The molecule has 0 atom stereocenters. The lowest BCUT2D eigenvalue weighted by molar-refractivity contribution is 0.153. The van der Waals surface area contributed by atoms with E-state index in [0.717, 1.165) is 0 Å². The second kappa shape index (κ2) is 6.01. The summed E-state index contributed by atoms with van der Waals surface area (Å²) in [7, 11) is 0. The quantitative estimate of drug-likeness (QED) is 0.468. The van der Waals surface area contributed by atoms with Gasteiger partial charge in [0, 0.05) is 19.8 Å². The molecule has 0 rings (SSSR count). The van der Waals surface area contributed by atoms with Crippen LogP contribution in [-0.4, -0.2) is 35.1 Å². The average Bonchev–Trinajstić information content (AvgIpc) is 1.88. The zero-order valence-electron chi connectivity index (χ0n) is 5.45.